The van der Waals surface area contributed by atoms with Crippen LogP contribution in [0.1, 0.15) is 69.2 Å². The second-order valence-electron chi connectivity index (χ2n) is 7.16. The maximum absolute atomic E-state index is 4.11. The minimum Gasteiger partial charge on any atom is -0.336 e. The summed E-state index contributed by atoms with van der Waals surface area (Å²) in [6, 6.07) is 1.35. The Morgan fingerprint density at radius 1 is 0.950 bits per heavy atom. The highest BCUT2D eigenvalue weighted by molar-refractivity contribution is 7.45. The molecule has 0 saturated carbocycles. The molecule has 0 aromatic heterocycles. The Kier molecular flexibility index (Phi) is 8.00. The number of nitrogens with one attached hydrogen (secondary N) is 1. The molecule has 0 amide bonds. The summed E-state index contributed by atoms with van der Waals surface area (Å²) in [7, 11) is -3.04. The van der Waals surface area contributed by atoms with Gasteiger partial charge in [-0.25, -0.2) is 0 Å². The average Bonchev–Trinajstić information content (AvgIpc) is 2.35. The molecule has 0 aliphatic rings. The number of rotatable bonds is 8. The van der Waals surface area contributed by atoms with Gasteiger partial charge in [0.1, 0.15) is 7.75 Å². The van der Waals surface area contributed by atoms with Crippen LogP contribution in [0.4, 0.5) is 0 Å². The minimum absolute atomic E-state index is 0.836. The highest BCUT2D eigenvalue weighted by Crippen LogP contribution is 2.49. The van der Waals surface area contributed by atoms with Gasteiger partial charge in [0.2, 0.25) is 0 Å². The van der Waals surface area contributed by atoms with Crippen molar-refractivity contribution >= 4 is 15.3 Å². The van der Waals surface area contributed by atoms with Gasteiger partial charge in [0.25, 0.3) is 0 Å². The Morgan fingerprint density at radius 3 is 1.55 bits per heavy atom. The fraction of sp³-hybridized carbons (Fsp3) is 0.882. The molecule has 0 spiro atoms. The highest BCUT2D eigenvalue weighted by Gasteiger charge is 2.59. The normalized spacial score (nSPS) is 17.1. The Morgan fingerprint density at radius 2 is 1.35 bits per heavy atom. The smallest absolute Gasteiger partial charge is 0.142 e. The molecule has 0 radical (unpaired) electrons. The van der Waals surface area contributed by atoms with Crippen LogP contribution in [-0.2, 0) is 0 Å². The summed E-state index contributed by atoms with van der Waals surface area (Å²) in [4.78, 5) is 4.11. The van der Waals surface area contributed by atoms with Crippen molar-refractivity contribution in [3.8, 4) is 0 Å². The molecule has 120 valence electrons. The van der Waals surface area contributed by atoms with Gasteiger partial charge in [-0.3, -0.25) is 0 Å². The summed E-state index contributed by atoms with van der Waals surface area (Å²) >= 11 is 0. The van der Waals surface area contributed by atoms with Crippen LogP contribution >= 0.6 is 0 Å². The van der Waals surface area contributed by atoms with E-state index in [1.165, 1.54) is 6.04 Å². The SMILES string of the molecule is C/C=C(\C)[Si](CC)(NCC)[Si](C(C)C)(C(C)C)C(C)C. The molecule has 1 unspecified atom stereocenters. The monoisotopic (exact) mass is 313 g/mol. The van der Waals surface area contributed by atoms with Crippen molar-refractivity contribution < 1.29 is 0 Å². The Bertz CT molecular complexity index is 299. The van der Waals surface area contributed by atoms with Crippen LogP contribution < -0.4 is 4.98 Å². The van der Waals surface area contributed by atoms with Crippen LogP contribution in [0.5, 0.6) is 0 Å². The second-order valence-corrected chi connectivity index (χ2v) is 21.3. The third-order valence-corrected chi connectivity index (χ3v) is 29.0. The van der Waals surface area contributed by atoms with Gasteiger partial charge >= 0.3 is 0 Å². The fourth-order valence-corrected chi connectivity index (χ4v) is 30.8. The molecule has 1 nitrogen and oxygen atoms in total. The topological polar surface area (TPSA) is 12.0 Å². The highest BCUT2D eigenvalue weighted by atomic mass is 29.3. The molecule has 0 saturated heterocycles. The first kappa shape index (κ1) is 20.1. The summed E-state index contributed by atoms with van der Waals surface area (Å²) in [6.07, 6.45) is 2.41. The van der Waals surface area contributed by atoms with E-state index < -0.39 is 15.3 Å². The largest absolute Gasteiger partial charge is 0.336 e. The zero-order valence-corrected chi connectivity index (χ0v) is 17.7. The van der Waals surface area contributed by atoms with E-state index in [2.05, 4.69) is 80.3 Å². The predicted octanol–water partition coefficient (Wildman–Crippen LogP) is 5.82. The number of allylic oxidation sites excluding steroid dienone is 2. The zero-order valence-electron chi connectivity index (χ0n) is 15.7. The van der Waals surface area contributed by atoms with Crippen molar-refractivity contribution in [3.63, 3.8) is 0 Å². The van der Waals surface area contributed by atoms with E-state index in [1.807, 2.05) is 0 Å². The lowest BCUT2D eigenvalue weighted by Gasteiger charge is -2.56. The Hall–Kier alpha value is 0.134. The predicted molar refractivity (Wildman–Crippen MR) is 100 cm³/mol. The zero-order chi connectivity index (χ0) is 16.1. The molecule has 0 heterocycles. The minimum atomic E-state index is -1.59. The van der Waals surface area contributed by atoms with Crippen molar-refractivity contribution in [2.24, 2.45) is 0 Å². The van der Waals surface area contributed by atoms with Gasteiger partial charge in [0, 0.05) is 0 Å². The van der Waals surface area contributed by atoms with Crippen molar-refractivity contribution in [3.05, 3.63) is 11.3 Å². The summed E-state index contributed by atoms with van der Waals surface area (Å²) < 4.78 is 0. The van der Waals surface area contributed by atoms with E-state index in [9.17, 15) is 0 Å². The molecule has 1 N–H and O–H groups in total. The first-order valence-corrected chi connectivity index (χ1v) is 14.0. The molecule has 0 aliphatic carbocycles. The lowest BCUT2D eigenvalue weighted by Crippen LogP contribution is -2.75. The summed E-state index contributed by atoms with van der Waals surface area (Å²) in [5.41, 5.74) is 2.51. The van der Waals surface area contributed by atoms with E-state index in [1.54, 1.807) is 5.20 Å². The third-order valence-electron chi connectivity index (χ3n) is 5.72. The van der Waals surface area contributed by atoms with Gasteiger partial charge in [0.05, 0.1) is 7.59 Å². The number of hydrogen-bond acceptors (Lipinski definition) is 1. The molecule has 0 aromatic carbocycles. The lowest BCUT2D eigenvalue weighted by molar-refractivity contribution is 0.825. The van der Waals surface area contributed by atoms with Crippen LogP contribution in [0.25, 0.3) is 0 Å². The Labute approximate surface area is 130 Å². The van der Waals surface area contributed by atoms with Gasteiger partial charge in [-0.05, 0) is 26.4 Å². The summed E-state index contributed by atoms with van der Waals surface area (Å²) in [5, 5.41) is 1.70. The molecule has 1 atom stereocenters. The van der Waals surface area contributed by atoms with E-state index in [0.29, 0.717) is 0 Å². The average molecular weight is 314 g/mol. The van der Waals surface area contributed by atoms with Crippen molar-refractivity contribution in [2.75, 3.05) is 6.54 Å². The molecule has 20 heavy (non-hydrogen) atoms. The lowest BCUT2D eigenvalue weighted by atomic mass is 10.5. The molecular formula is C17H39NSi2. The van der Waals surface area contributed by atoms with E-state index in [0.717, 1.165) is 23.2 Å². The van der Waals surface area contributed by atoms with Gasteiger partial charge < -0.3 is 4.98 Å². The van der Waals surface area contributed by atoms with Gasteiger partial charge in [-0.2, -0.15) is 0 Å². The third kappa shape index (κ3) is 3.00. The van der Waals surface area contributed by atoms with Gasteiger partial charge in [0.15, 0.2) is 0 Å². The number of hydrogen-bond donors (Lipinski definition) is 1. The van der Waals surface area contributed by atoms with Gasteiger partial charge in [-0.1, -0.05) is 83.3 Å². The molecule has 0 rings (SSSR count). The van der Waals surface area contributed by atoms with E-state index in [4.69, 9.17) is 0 Å². The molecular weight excluding hydrogens is 274 g/mol. The maximum atomic E-state index is 4.11. The molecule has 0 bridgehead atoms. The van der Waals surface area contributed by atoms with Crippen LogP contribution in [-0.4, -0.2) is 21.9 Å². The molecule has 3 heteroatoms. The van der Waals surface area contributed by atoms with Crippen LogP contribution in [0.2, 0.25) is 22.7 Å². The first-order valence-electron chi connectivity index (χ1n) is 8.57. The van der Waals surface area contributed by atoms with Gasteiger partial charge in [-0.15, -0.1) is 0 Å². The molecule has 0 fully saturated rings. The fourth-order valence-electron chi connectivity index (χ4n) is 5.37. The quantitative estimate of drug-likeness (QED) is 0.556. The van der Waals surface area contributed by atoms with Crippen molar-refractivity contribution in [1.82, 2.24) is 4.98 Å². The van der Waals surface area contributed by atoms with Crippen LogP contribution in [0, 0.1) is 0 Å². The molecule has 0 aliphatic heterocycles. The van der Waals surface area contributed by atoms with Crippen molar-refractivity contribution in [1.29, 1.82) is 0 Å². The van der Waals surface area contributed by atoms with E-state index in [-0.39, 0.29) is 0 Å². The maximum Gasteiger partial charge on any atom is 0.142 e. The standard InChI is InChI=1S/C17H39NSi2/c1-11-17(10)19(13-3,18-12-2)20(14(4)5,15(6)7)16(8)9/h11,14-16,18H,12-13H2,1-10H3/b17-11+. The van der Waals surface area contributed by atoms with E-state index >= 15 is 0 Å². The Balaban J connectivity index is 6.41. The summed E-state index contributed by atoms with van der Waals surface area (Å²) in [6.45, 7) is 25.5. The van der Waals surface area contributed by atoms with Crippen molar-refractivity contribution in [2.45, 2.75) is 91.9 Å². The van der Waals surface area contributed by atoms with Crippen LogP contribution in [0.15, 0.2) is 11.3 Å². The van der Waals surface area contributed by atoms with Crippen LogP contribution in [0.3, 0.4) is 0 Å². The summed E-state index contributed by atoms with van der Waals surface area (Å²) in [5.74, 6) is 0. The molecule has 0 aromatic rings. The first-order chi connectivity index (χ1) is 9.18. The second kappa shape index (κ2) is 7.95.